The number of aliphatic hydroxyl groups excluding tert-OH is 1. The van der Waals surface area contributed by atoms with Gasteiger partial charge in [0.2, 0.25) is 0 Å². The van der Waals surface area contributed by atoms with E-state index in [0.717, 1.165) is 19.4 Å². The van der Waals surface area contributed by atoms with Crippen LogP contribution >= 0.6 is 0 Å². The number of hydrogen-bond acceptors (Lipinski definition) is 4. The third-order valence-electron chi connectivity index (χ3n) is 2.89. The van der Waals surface area contributed by atoms with Gasteiger partial charge in [0.1, 0.15) is 12.4 Å². The summed E-state index contributed by atoms with van der Waals surface area (Å²) in [5.41, 5.74) is 0.340. The summed E-state index contributed by atoms with van der Waals surface area (Å²) in [6.07, 6.45) is 0.736. The second-order valence-corrected chi connectivity index (χ2v) is 4.26. The van der Waals surface area contributed by atoms with Crippen molar-refractivity contribution >= 4 is 5.97 Å². The minimum atomic E-state index is -1.49. The molecule has 18 heavy (non-hydrogen) atoms. The van der Waals surface area contributed by atoms with Crippen molar-refractivity contribution < 1.29 is 24.5 Å². The summed E-state index contributed by atoms with van der Waals surface area (Å²) >= 11 is 0. The number of aliphatic carboxylic acids is 1. The number of ether oxygens (including phenoxy) is 2. The highest BCUT2D eigenvalue weighted by Gasteiger charge is 2.17. The zero-order valence-electron chi connectivity index (χ0n) is 9.91. The van der Waals surface area contributed by atoms with Crippen LogP contribution in [0.3, 0.4) is 0 Å². The maximum atomic E-state index is 10.6. The predicted molar refractivity (Wildman–Crippen MR) is 63.5 cm³/mol. The number of hydrogen-bond donors (Lipinski definition) is 2. The van der Waals surface area contributed by atoms with Crippen molar-refractivity contribution in [1.29, 1.82) is 0 Å². The highest BCUT2D eigenvalue weighted by molar-refractivity contribution is 5.74. The Labute approximate surface area is 105 Å². The van der Waals surface area contributed by atoms with Gasteiger partial charge in [0.25, 0.3) is 0 Å². The lowest BCUT2D eigenvalue weighted by molar-refractivity contribution is -0.146. The molecule has 0 aromatic heterocycles. The Hall–Kier alpha value is -1.59. The van der Waals surface area contributed by atoms with Crippen molar-refractivity contribution in [3.63, 3.8) is 0 Å². The van der Waals surface area contributed by atoms with Crippen molar-refractivity contribution in [1.82, 2.24) is 0 Å². The molecule has 1 heterocycles. The maximum Gasteiger partial charge on any atom is 0.337 e. The number of rotatable bonds is 5. The first-order chi connectivity index (χ1) is 8.66. The van der Waals surface area contributed by atoms with E-state index in [1.807, 2.05) is 0 Å². The van der Waals surface area contributed by atoms with Gasteiger partial charge in [-0.2, -0.15) is 0 Å². The number of benzene rings is 1. The normalized spacial score (nSPS) is 20.6. The van der Waals surface area contributed by atoms with Crippen LogP contribution in [0.1, 0.15) is 24.5 Å². The van der Waals surface area contributed by atoms with Crippen LogP contribution in [0.2, 0.25) is 0 Å². The fourth-order valence-electron chi connectivity index (χ4n) is 1.85. The van der Waals surface area contributed by atoms with E-state index >= 15 is 0 Å². The minimum Gasteiger partial charge on any atom is -0.491 e. The van der Waals surface area contributed by atoms with Crippen LogP contribution in [0.5, 0.6) is 5.75 Å². The summed E-state index contributed by atoms with van der Waals surface area (Å²) < 4.78 is 11.0. The lowest BCUT2D eigenvalue weighted by Gasteiger charge is -2.12. The van der Waals surface area contributed by atoms with Crippen LogP contribution in [-0.2, 0) is 9.53 Å². The van der Waals surface area contributed by atoms with Crippen LogP contribution in [0.15, 0.2) is 24.3 Å². The average molecular weight is 252 g/mol. The van der Waals surface area contributed by atoms with E-state index < -0.39 is 12.1 Å². The first-order valence-corrected chi connectivity index (χ1v) is 5.92. The minimum absolute atomic E-state index is 0.147. The highest BCUT2D eigenvalue weighted by Crippen LogP contribution is 2.19. The molecule has 1 aliphatic heterocycles. The third-order valence-corrected chi connectivity index (χ3v) is 2.89. The van der Waals surface area contributed by atoms with Crippen molar-refractivity contribution in [2.45, 2.75) is 25.0 Å². The summed E-state index contributed by atoms with van der Waals surface area (Å²) in [5, 5.41) is 18.0. The van der Waals surface area contributed by atoms with Crippen LogP contribution in [0.4, 0.5) is 0 Å². The molecule has 1 unspecified atom stereocenters. The van der Waals surface area contributed by atoms with Crippen LogP contribution in [0, 0.1) is 0 Å². The van der Waals surface area contributed by atoms with Crippen molar-refractivity contribution in [3.8, 4) is 5.75 Å². The molecule has 0 bridgehead atoms. The lowest BCUT2D eigenvalue weighted by Crippen LogP contribution is -2.16. The van der Waals surface area contributed by atoms with Crippen molar-refractivity contribution in [2.75, 3.05) is 13.2 Å². The van der Waals surface area contributed by atoms with E-state index in [1.54, 1.807) is 24.3 Å². The molecular formula is C13H16O5. The molecule has 1 fully saturated rings. The van der Waals surface area contributed by atoms with Gasteiger partial charge in [-0.1, -0.05) is 12.1 Å². The predicted octanol–water partition coefficient (Wildman–Crippen LogP) is 1.36. The molecule has 1 aromatic carbocycles. The second-order valence-electron chi connectivity index (χ2n) is 4.26. The summed E-state index contributed by atoms with van der Waals surface area (Å²) in [7, 11) is 0. The topological polar surface area (TPSA) is 76.0 Å². The number of carboxylic acid groups (broad SMARTS) is 1. The van der Waals surface area contributed by atoms with Crippen LogP contribution in [-0.4, -0.2) is 35.5 Å². The monoisotopic (exact) mass is 252 g/mol. The number of aliphatic hydroxyl groups is 1. The van der Waals surface area contributed by atoms with E-state index in [9.17, 15) is 9.90 Å². The van der Waals surface area contributed by atoms with Gasteiger partial charge in [0, 0.05) is 6.61 Å². The molecule has 0 amide bonds. The molecule has 5 heteroatoms. The molecule has 1 aliphatic rings. The van der Waals surface area contributed by atoms with Gasteiger partial charge in [-0.3, -0.25) is 0 Å². The Morgan fingerprint density at radius 2 is 2.17 bits per heavy atom. The van der Waals surface area contributed by atoms with Gasteiger partial charge >= 0.3 is 5.97 Å². The molecule has 2 N–H and O–H groups in total. The van der Waals surface area contributed by atoms with Gasteiger partial charge < -0.3 is 19.7 Å². The molecule has 1 saturated heterocycles. The average Bonchev–Trinajstić information content (AvgIpc) is 2.89. The van der Waals surface area contributed by atoms with E-state index in [-0.39, 0.29) is 6.10 Å². The quantitative estimate of drug-likeness (QED) is 0.827. The van der Waals surface area contributed by atoms with Crippen molar-refractivity contribution in [3.05, 3.63) is 29.8 Å². The van der Waals surface area contributed by atoms with E-state index in [1.165, 1.54) is 0 Å². The molecule has 0 saturated carbocycles. The van der Waals surface area contributed by atoms with Gasteiger partial charge in [0.15, 0.2) is 6.10 Å². The Bertz CT molecular complexity index is 394. The Morgan fingerprint density at radius 3 is 2.72 bits per heavy atom. The van der Waals surface area contributed by atoms with Crippen LogP contribution < -0.4 is 4.74 Å². The first-order valence-electron chi connectivity index (χ1n) is 5.92. The molecule has 2 rings (SSSR count). The Kier molecular flexibility index (Phi) is 4.17. The van der Waals surface area contributed by atoms with E-state index in [0.29, 0.717) is 17.9 Å². The van der Waals surface area contributed by atoms with Gasteiger partial charge in [-0.15, -0.1) is 0 Å². The zero-order chi connectivity index (χ0) is 13.0. The fourth-order valence-corrected chi connectivity index (χ4v) is 1.85. The standard InChI is InChI=1S/C13H16O5/c14-12(13(15)16)9-3-5-10(6-4-9)18-8-11-2-1-7-17-11/h3-6,11-12,14H,1-2,7-8H2,(H,15,16)/t11?,12-/m1/s1. The molecule has 0 aliphatic carbocycles. The summed E-state index contributed by atoms with van der Waals surface area (Å²) in [6, 6.07) is 6.39. The summed E-state index contributed by atoms with van der Waals surface area (Å²) in [4.78, 5) is 10.6. The van der Waals surface area contributed by atoms with Gasteiger partial charge in [-0.25, -0.2) is 4.79 Å². The summed E-state index contributed by atoms with van der Waals surface area (Å²) in [6.45, 7) is 1.29. The zero-order valence-corrected chi connectivity index (χ0v) is 9.91. The number of carbonyl (C=O) groups is 1. The molecule has 5 nitrogen and oxygen atoms in total. The second kappa shape index (κ2) is 5.84. The Morgan fingerprint density at radius 1 is 1.44 bits per heavy atom. The SMILES string of the molecule is O=C(O)[C@H](O)c1ccc(OCC2CCCO2)cc1. The molecule has 98 valence electrons. The Balaban J connectivity index is 1.88. The van der Waals surface area contributed by atoms with Gasteiger partial charge in [0.05, 0.1) is 6.10 Å². The molecular weight excluding hydrogens is 236 g/mol. The maximum absolute atomic E-state index is 10.6. The smallest absolute Gasteiger partial charge is 0.337 e. The van der Waals surface area contributed by atoms with E-state index in [4.69, 9.17) is 14.6 Å². The van der Waals surface area contributed by atoms with Crippen LogP contribution in [0.25, 0.3) is 0 Å². The lowest BCUT2D eigenvalue weighted by atomic mass is 10.1. The first kappa shape index (κ1) is 12.9. The van der Waals surface area contributed by atoms with Crippen molar-refractivity contribution in [2.24, 2.45) is 0 Å². The highest BCUT2D eigenvalue weighted by atomic mass is 16.5. The molecule has 2 atom stereocenters. The van der Waals surface area contributed by atoms with Gasteiger partial charge in [-0.05, 0) is 30.5 Å². The third kappa shape index (κ3) is 3.21. The summed E-state index contributed by atoms with van der Waals surface area (Å²) in [5.74, 6) is -0.616. The largest absolute Gasteiger partial charge is 0.491 e. The van der Waals surface area contributed by atoms with E-state index in [2.05, 4.69) is 0 Å². The molecule has 0 radical (unpaired) electrons. The number of carboxylic acids is 1. The molecule has 1 aromatic rings. The fraction of sp³-hybridized carbons (Fsp3) is 0.462. The molecule has 0 spiro atoms.